The van der Waals surface area contributed by atoms with Crippen molar-refractivity contribution in [2.24, 2.45) is 16.9 Å². The molecular formula is C17H22N2O2. The Bertz CT molecular complexity index is 536. The second-order valence-electron chi connectivity index (χ2n) is 6.21. The minimum atomic E-state index is -0.215. The van der Waals surface area contributed by atoms with Crippen LogP contribution in [0.5, 0.6) is 5.75 Å². The molecule has 2 aliphatic rings. The Labute approximate surface area is 125 Å². The first-order chi connectivity index (χ1) is 10.2. The number of amides is 1. The lowest BCUT2D eigenvalue weighted by molar-refractivity contribution is 0.0954. The quantitative estimate of drug-likeness (QED) is 0.818. The predicted octanol–water partition coefficient (Wildman–Crippen LogP) is 3.47. The molecular weight excluding hydrogens is 264 g/mol. The predicted molar refractivity (Wildman–Crippen MR) is 82.3 cm³/mol. The Morgan fingerprint density at radius 2 is 1.81 bits per heavy atom. The molecule has 2 saturated carbocycles. The molecule has 2 aliphatic carbocycles. The van der Waals surface area contributed by atoms with Crippen molar-refractivity contribution in [3.8, 4) is 5.75 Å². The second-order valence-corrected chi connectivity index (χ2v) is 6.21. The molecule has 4 nitrogen and oxygen atoms in total. The number of fused-ring (bicyclic) bond motifs is 1. The Kier molecular flexibility index (Phi) is 4.23. The number of phenols is 1. The maximum atomic E-state index is 12.0. The molecule has 0 aliphatic heterocycles. The maximum Gasteiger partial charge on any atom is 0.271 e. The van der Waals surface area contributed by atoms with Gasteiger partial charge in [-0.2, -0.15) is 5.10 Å². The van der Waals surface area contributed by atoms with Gasteiger partial charge in [0.1, 0.15) is 5.75 Å². The van der Waals surface area contributed by atoms with Gasteiger partial charge in [-0.05, 0) is 61.8 Å². The fourth-order valence-electron chi connectivity index (χ4n) is 3.60. The fraction of sp³-hybridized carbons (Fsp3) is 0.529. The maximum absolute atomic E-state index is 12.0. The van der Waals surface area contributed by atoms with Gasteiger partial charge in [-0.1, -0.05) is 19.3 Å². The van der Waals surface area contributed by atoms with Gasteiger partial charge in [0.05, 0.1) is 0 Å². The Hall–Kier alpha value is -1.84. The second kappa shape index (κ2) is 6.29. The molecule has 0 aromatic heterocycles. The molecule has 2 N–H and O–H groups in total. The highest BCUT2D eigenvalue weighted by atomic mass is 16.3. The van der Waals surface area contributed by atoms with Crippen LogP contribution in [-0.2, 0) is 0 Å². The number of carbonyl (C=O) groups excluding carboxylic acids is 1. The molecule has 0 bridgehead atoms. The molecule has 0 saturated heterocycles. The lowest BCUT2D eigenvalue weighted by atomic mass is 9.70. The summed E-state index contributed by atoms with van der Waals surface area (Å²) >= 11 is 0. The number of hydrogen-bond donors (Lipinski definition) is 2. The molecule has 0 unspecified atom stereocenters. The number of aromatic hydroxyl groups is 1. The van der Waals surface area contributed by atoms with Gasteiger partial charge in [0, 0.05) is 11.3 Å². The normalized spacial score (nSPS) is 27.1. The monoisotopic (exact) mass is 286 g/mol. The summed E-state index contributed by atoms with van der Waals surface area (Å²) in [4.78, 5) is 12.0. The van der Waals surface area contributed by atoms with Crippen LogP contribution in [0.4, 0.5) is 0 Å². The van der Waals surface area contributed by atoms with E-state index < -0.39 is 0 Å². The number of hydrazone groups is 1. The number of benzene rings is 1. The van der Waals surface area contributed by atoms with Gasteiger partial charge < -0.3 is 5.11 Å². The van der Waals surface area contributed by atoms with E-state index in [-0.39, 0.29) is 11.7 Å². The molecule has 1 amide bonds. The van der Waals surface area contributed by atoms with Crippen LogP contribution in [0, 0.1) is 11.8 Å². The minimum absolute atomic E-state index is 0.161. The molecule has 1 aromatic carbocycles. The van der Waals surface area contributed by atoms with Crippen LogP contribution in [0.25, 0.3) is 0 Å². The Morgan fingerprint density at radius 1 is 1.10 bits per heavy atom. The van der Waals surface area contributed by atoms with Crippen LogP contribution < -0.4 is 5.43 Å². The van der Waals surface area contributed by atoms with Crippen molar-refractivity contribution in [2.75, 3.05) is 0 Å². The molecule has 0 spiro atoms. The largest absolute Gasteiger partial charge is 0.508 e. The SMILES string of the molecule is O=C(N/N=C1/CC[C@@H]2CCCC[C@@H]2C1)c1ccc(O)cc1. The molecule has 0 radical (unpaired) electrons. The van der Waals surface area contributed by atoms with Gasteiger partial charge in [0.2, 0.25) is 0 Å². The van der Waals surface area contributed by atoms with Gasteiger partial charge >= 0.3 is 0 Å². The number of carbonyl (C=O) groups is 1. The van der Waals surface area contributed by atoms with E-state index in [1.165, 1.54) is 44.2 Å². The molecule has 2 fully saturated rings. The third kappa shape index (κ3) is 3.43. The zero-order valence-corrected chi connectivity index (χ0v) is 12.2. The minimum Gasteiger partial charge on any atom is -0.508 e. The topological polar surface area (TPSA) is 61.7 Å². The fourth-order valence-corrected chi connectivity index (χ4v) is 3.60. The molecule has 4 heteroatoms. The standard InChI is InChI=1S/C17H22N2O2/c20-16-9-6-13(7-10-16)17(21)19-18-15-8-5-12-3-1-2-4-14(12)11-15/h6-7,9-10,12,14,20H,1-5,8,11H2,(H,19,21)/b18-15-/t12-,14+/m0/s1. The van der Waals surface area contributed by atoms with Crippen molar-refractivity contribution in [3.05, 3.63) is 29.8 Å². The molecule has 3 rings (SSSR count). The summed E-state index contributed by atoms with van der Waals surface area (Å²) in [6.45, 7) is 0. The third-order valence-corrected chi connectivity index (χ3v) is 4.81. The van der Waals surface area contributed by atoms with Crippen LogP contribution in [0.1, 0.15) is 55.3 Å². The molecule has 112 valence electrons. The summed E-state index contributed by atoms with van der Waals surface area (Å²) in [5.74, 6) is 1.60. The van der Waals surface area contributed by atoms with E-state index >= 15 is 0 Å². The van der Waals surface area contributed by atoms with Crippen LogP contribution in [0.15, 0.2) is 29.4 Å². The van der Waals surface area contributed by atoms with E-state index in [1.54, 1.807) is 12.1 Å². The Morgan fingerprint density at radius 3 is 2.57 bits per heavy atom. The van der Waals surface area contributed by atoms with Crippen molar-refractivity contribution in [1.82, 2.24) is 5.43 Å². The number of nitrogens with zero attached hydrogens (tertiary/aromatic N) is 1. The van der Waals surface area contributed by atoms with Gasteiger partial charge in [-0.15, -0.1) is 0 Å². The van der Waals surface area contributed by atoms with Crippen LogP contribution >= 0.6 is 0 Å². The summed E-state index contributed by atoms with van der Waals surface area (Å²) < 4.78 is 0. The Balaban J connectivity index is 1.58. The van der Waals surface area contributed by atoms with Crippen LogP contribution in [-0.4, -0.2) is 16.7 Å². The summed E-state index contributed by atoms with van der Waals surface area (Å²) in [7, 11) is 0. The number of nitrogens with one attached hydrogen (secondary N) is 1. The summed E-state index contributed by atoms with van der Waals surface area (Å²) in [6, 6.07) is 6.22. The number of rotatable bonds is 2. The van der Waals surface area contributed by atoms with E-state index in [0.717, 1.165) is 30.4 Å². The lowest BCUT2D eigenvalue weighted by Gasteiger charge is -2.35. The van der Waals surface area contributed by atoms with Crippen molar-refractivity contribution < 1.29 is 9.90 Å². The van der Waals surface area contributed by atoms with E-state index in [2.05, 4.69) is 10.5 Å². The van der Waals surface area contributed by atoms with Gasteiger partial charge in [-0.3, -0.25) is 4.79 Å². The van der Waals surface area contributed by atoms with Gasteiger partial charge in [0.15, 0.2) is 0 Å². The summed E-state index contributed by atoms with van der Waals surface area (Å²) in [6.07, 6.45) is 8.68. The average Bonchev–Trinajstić information content (AvgIpc) is 2.53. The summed E-state index contributed by atoms with van der Waals surface area (Å²) in [5, 5.41) is 13.6. The molecule has 1 aromatic rings. The molecule has 21 heavy (non-hydrogen) atoms. The number of hydrogen-bond acceptors (Lipinski definition) is 3. The first-order valence-corrected chi connectivity index (χ1v) is 7.87. The van der Waals surface area contributed by atoms with Crippen molar-refractivity contribution in [3.63, 3.8) is 0 Å². The zero-order valence-electron chi connectivity index (χ0n) is 12.2. The first kappa shape index (κ1) is 14.1. The molecule has 0 heterocycles. The van der Waals surface area contributed by atoms with E-state index in [1.807, 2.05) is 0 Å². The van der Waals surface area contributed by atoms with Crippen molar-refractivity contribution in [1.29, 1.82) is 0 Å². The van der Waals surface area contributed by atoms with Gasteiger partial charge in [0.25, 0.3) is 5.91 Å². The number of phenolic OH excluding ortho intramolecular Hbond substituents is 1. The van der Waals surface area contributed by atoms with E-state index in [9.17, 15) is 9.90 Å². The highest BCUT2D eigenvalue weighted by Crippen LogP contribution is 2.39. The third-order valence-electron chi connectivity index (χ3n) is 4.81. The van der Waals surface area contributed by atoms with Crippen LogP contribution in [0.2, 0.25) is 0 Å². The summed E-state index contributed by atoms with van der Waals surface area (Å²) in [5.41, 5.74) is 4.30. The molecule has 2 atom stereocenters. The van der Waals surface area contributed by atoms with Gasteiger partial charge in [-0.25, -0.2) is 5.43 Å². The average molecular weight is 286 g/mol. The highest BCUT2D eigenvalue weighted by molar-refractivity contribution is 5.95. The van der Waals surface area contributed by atoms with E-state index in [0.29, 0.717) is 5.56 Å². The first-order valence-electron chi connectivity index (χ1n) is 7.87. The van der Waals surface area contributed by atoms with Crippen molar-refractivity contribution in [2.45, 2.75) is 44.9 Å². The highest BCUT2D eigenvalue weighted by Gasteiger charge is 2.30. The van der Waals surface area contributed by atoms with E-state index in [4.69, 9.17) is 0 Å². The lowest BCUT2D eigenvalue weighted by Crippen LogP contribution is -2.29. The smallest absolute Gasteiger partial charge is 0.271 e. The van der Waals surface area contributed by atoms with Crippen molar-refractivity contribution >= 4 is 11.6 Å². The van der Waals surface area contributed by atoms with Crippen LogP contribution in [0.3, 0.4) is 0 Å². The zero-order chi connectivity index (χ0) is 14.7.